The van der Waals surface area contributed by atoms with Crippen LogP contribution in [0.2, 0.25) is 10.0 Å². The molecular formula is C34H30Br2Cl2N2O6S. The van der Waals surface area contributed by atoms with Crippen LogP contribution in [0.5, 0.6) is 17.2 Å². The van der Waals surface area contributed by atoms with Crippen LogP contribution < -0.4 is 29.1 Å². The van der Waals surface area contributed by atoms with Crippen LogP contribution in [-0.4, -0.2) is 30.4 Å². The first-order chi connectivity index (χ1) is 22.4. The first-order valence-corrected chi connectivity index (χ1v) is 17.7. The predicted octanol–water partition coefficient (Wildman–Crippen LogP) is 8.00. The lowest BCUT2D eigenvalue weighted by molar-refractivity contribution is -0.139. The number of rotatable bonds is 10. The van der Waals surface area contributed by atoms with E-state index in [0.717, 1.165) is 10.0 Å². The van der Waals surface area contributed by atoms with Gasteiger partial charge in [0.05, 0.1) is 56.2 Å². The summed E-state index contributed by atoms with van der Waals surface area (Å²) in [6, 6.07) is 13.6. The molecule has 0 amide bonds. The summed E-state index contributed by atoms with van der Waals surface area (Å²) in [4.78, 5) is 32.8. The number of carbonyl (C=O) groups excluding carboxylic acids is 1. The fraction of sp³-hybridized carbons (Fsp3) is 0.265. The number of aromatic nitrogens is 1. The number of carbonyl (C=O) groups is 1. The number of esters is 1. The first kappa shape index (κ1) is 35.2. The van der Waals surface area contributed by atoms with Crippen molar-refractivity contribution in [3.05, 3.63) is 115 Å². The van der Waals surface area contributed by atoms with Crippen LogP contribution in [-0.2, 0) is 16.1 Å². The van der Waals surface area contributed by atoms with Crippen molar-refractivity contribution in [2.45, 2.75) is 46.4 Å². The molecule has 0 N–H and O–H groups in total. The Morgan fingerprint density at radius 1 is 1.09 bits per heavy atom. The quantitative estimate of drug-likeness (QED) is 0.151. The molecule has 3 aromatic carbocycles. The van der Waals surface area contributed by atoms with Gasteiger partial charge in [0.1, 0.15) is 12.4 Å². The molecule has 47 heavy (non-hydrogen) atoms. The summed E-state index contributed by atoms with van der Waals surface area (Å²) >= 11 is 20.7. The molecule has 246 valence electrons. The van der Waals surface area contributed by atoms with E-state index in [-0.39, 0.29) is 30.5 Å². The van der Waals surface area contributed by atoms with E-state index in [4.69, 9.17) is 42.1 Å². The molecule has 1 atom stereocenters. The van der Waals surface area contributed by atoms with Gasteiger partial charge < -0.3 is 18.9 Å². The molecule has 0 fully saturated rings. The van der Waals surface area contributed by atoms with Crippen molar-refractivity contribution in [3.63, 3.8) is 0 Å². The third-order valence-electron chi connectivity index (χ3n) is 7.07. The molecule has 1 aromatic heterocycles. The SMILES string of the molecule is CCOC(=O)C1=C(C)N=c2s/c(=C/c3cc(Br)cc(Br)c3OCc3ccc(Cl)c(Cl)c3)c(=O)n2[C@@H]1c1ccc(OC(C)C)c(OC)c1. The van der Waals surface area contributed by atoms with Gasteiger partial charge in [-0.05, 0) is 97.2 Å². The van der Waals surface area contributed by atoms with Gasteiger partial charge in [-0.15, -0.1) is 0 Å². The predicted molar refractivity (Wildman–Crippen MR) is 192 cm³/mol. The Morgan fingerprint density at radius 3 is 2.53 bits per heavy atom. The largest absolute Gasteiger partial charge is 0.493 e. The van der Waals surface area contributed by atoms with E-state index >= 15 is 0 Å². The number of hydrogen-bond acceptors (Lipinski definition) is 8. The van der Waals surface area contributed by atoms with Crippen molar-refractivity contribution < 1.29 is 23.7 Å². The summed E-state index contributed by atoms with van der Waals surface area (Å²) in [7, 11) is 1.54. The molecule has 0 aliphatic carbocycles. The van der Waals surface area contributed by atoms with Crippen molar-refractivity contribution in [3.8, 4) is 17.2 Å². The van der Waals surface area contributed by atoms with E-state index in [1.807, 2.05) is 38.1 Å². The molecule has 1 aliphatic heterocycles. The molecule has 1 aliphatic rings. The summed E-state index contributed by atoms with van der Waals surface area (Å²) in [5, 5.41) is 0.880. The van der Waals surface area contributed by atoms with Crippen molar-refractivity contribution in [1.29, 1.82) is 0 Å². The Balaban J connectivity index is 1.65. The molecule has 0 unspecified atom stereocenters. The van der Waals surface area contributed by atoms with Gasteiger partial charge in [0.2, 0.25) is 0 Å². The van der Waals surface area contributed by atoms with Gasteiger partial charge in [0.25, 0.3) is 5.56 Å². The minimum atomic E-state index is -0.825. The molecule has 13 heteroatoms. The summed E-state index contributed by atoms with van der Waals surface area (Å²) in [6.45, 7) is 7.69. The van der Waals surface area contributed by atoms with Crippen LogP contribution in [0.3, 0.4) is 0 Å². The minimum Gasteiger partial charge on any atom is -0.493 e. The number of methoxy groups -OCH3 is 1. The maximum absolute atomic E-state index is 14.3. The maximum atomic E-state index is 14.3. The van der Waals surface area contributed by atoms with Gasteiger partial charge in [-0.25, -0.2) is 9.79 Å². The average molecular weight is 825 g/mol. The fourth-order valence-electron chi connectivity index (χ4n) is 5.08. The third-order valence-corrected chi connectivity index (χ3v) is 9.84. The van der Waals surface area contributed by atoms with Gasteiger partial charge in [-0.2, -0.15) is 0 Å². The van der Waals surface area contributed by atoms with Crippen molar-refractivity contribution >= 4 is 78.4 Å². The van der Waals surface area contributed by atoms with Crippen LogP contribution in [0, 0.1) is 0 Å². The highest BCUT2D eigenvalue weighted by Crippen LogP contribution is 2.37. The Kier molecular flexibility index (Phi) is 11.2. The topological polar surface area (TPSA) is 88.4 Å². The summed E-state index contributed by atoms with van der Waals surface area (Å²) in [6.07, 6.45) is 1.67. The summed E-state index contributed by atoms with van der Waals surface area (Å²) in [5.74, 6) is 0.989. The number of hydrogen-bond donors (Lipinski definition) is 0. The van der Waals surface area contributed by atoms with Crippen molar-refractivity contribution in [2.24, 2.45) is 4.99 Å². The molecule has 0 saturated heterocycles. The van der Waals surface area contributed by atoms with Crippen molar-refractivity contribution in [2.75, 3.05) is 13.7 Å². The number of thiazole rings is 1. The number of ether oxygens (including phenoxy) is 4. The minimum absolute atomic E-state index is 0.0828. The highest BCUT2D eigenvalue weighted by Gasteiger charge is 2.34. The van der Waals surface area contributed by atoms with Gasteiger partial charge in [-0.3, -0.25) is 9.36 Å². The van der Waals surface area contributed by atoms with Crippen LogP contribution in [0.15, 0.2) is 78.5 Å². The van der Waals surface area contributed by atoms with E-state index in [1.165, 1.54) is 15.9 Å². The lowest BCUT2D eigenvalue weighted by Crippen LogP contribution is -2.40. The second-order valence-electron chi connectivity index (χ2n) is 10.7. The lowest BCUT2D eigenvalue weighted by atomic mass is 9.95. The fourth-order valence-corrected chi connectivity index (χ4v) is 7.81. The zero-order chi connectivity index (χ0) is 34.0. The monoisotopic (exact) mass is 822 g/mol. The highest BCUT2D eigenvalue weighted by atomic mass is 79.9. The van der Waals surface area contributed by atoms with Crippen LogP contribution in [0.25, 0.3) is 6.08 Å². The van der Waals surface area contributed by atoms with E-state index in [9.17, 15) is 9.59 Å². The molecule has 0 bridgehead atoms. The Morgan fingerprint density at radius 2 is 1.85 bits per heavy atom. The molecule has 5 rings (SSSR count). The molecule has 4 aromatic rings. The Bertz CT molecular complexity index is 2080. The third kappa shape index (κ3) is 7.65. The number of nitrogens with zero attached hydrogens (tertiary/aromatic N) is 2. The molecule has 0 spiro atoms. The molecule has 0 radical (unpaired) electrons. The number of allylic oxidation sites excluding steroid dienone is 1. The van der Waals surface area contributed by atoms with E-state index in [0.29, 0.717) is 57.9 Å². The second kappa shape index (κ2) is 15.0. The maximum Gasteiger partial charge on any atom is 0.338 e. The zero-order valence-electron chi connectivity index (χ0n) is 26.0. The normalized spacial score (nSPS) is 14.6. The molecular weight excluding hydrogens is 795 g/mol. The summed E-state index contributed by atoms with van der Waals surface area (Å²) < 4.78 is 26.6. The van der Waals surface area contributed by atoms with Gasteiger partial charge in [-0.1, -0.05) is 62.6 Å². The Hall–Kier alpha value is -3.09. The Labute approximate surface area is 302 Å². The van der Waals surface area contributed by atoms with Crippen LogP contribution in [0.4, 0.5) is 0 Å². The van der Waals surface area contributed by atoms with E-state index in [1.54, 1.807) is 51.3 Å². The highest BCUT2D eigenvalue weighted by molar-refractivity contribution is 9.11. The second-order valence-corrected chi connectivity index (χ2v) is 14.3. The van der Waals surface area contributed by atoms with E-state index < -0.39 is 12.0 Å². The smallest absolute Gasteiger partial charge is 0.338 e. The number of benzene rings is 3. The van der Waals surface area contributed by atoms with Gasteiger partial charge in [0.15, 0.2) is 16.3 Å². The zero-order valence-corrected chi connectivity index (χ0v) is 31.5. The van der Waals surface area contributed by atoms with Crippen LogP contribution >= 0.6 is 66.4 Å². The van der Waals surface area contributed by atoms with Gasteiger partial charge >= 0.3 is 5.97 Å². The lowest BCUT2D eigenvalue weighted by Gasteiger charge is -2.25. The molecule has 0 saturated carbocycles. The van der Waals surface area contributed by atoms with Crippen LogP contribution in [0.1, 0.15) is 50.4 Å². The van der Waals surface area contributed by atoms with Gasteiger partial charge in [0, 0.05) is 10.0 Å². The standard InChI is InChI=1S/C34H30Br2Cl2N2O6S/c1-6-44-33(42)29-18(4)39-34-40(30(29)20-8-10-26(46-17(2)3)27(13-20)43-5)32(41)28(47-34)14-21-12-22(35)15-23(36)31(21)45-16-19-7-9-24(37)25(38)11-19/h7-15,17,30H,6,16H2,1-5H3/b28-14+/t30-/m1/s1. The number of halogens is 4. The summed E-state index contributed by atoms with van der Waals surface area (Å²) in [5.41, 5.74) is 2.49. The van der Waals surface area contributed by atoms with Crippen molar-refractivity contribution in [1.82, 2.24) is 4.57 Å². The molecule has 8 nitrogen and oxygen atoms in total. The average Bonchev–Trinajstić information content (AvgIpc) is 3.31. The molecule has 2 heterocycles. The number of fused-ring (bicyclic) bond motifs is 1. The first-order valence-electron chi connectivity index (χ1n) is 14.5. The van der Waals surface area contributed by atoms with E-state index in [2.05, 4.69) is 36.9 Å².